The van der Waals surface area contributed by atoms with Gasteiger partial charge in [-0.05, 0) is 177 Å². The molecule has 0 heterocycles. The zero-order valence-electron chi connectivity index (χ0n) is 49.7. The van der Waals surface area contributed by atoms with Crippen LogP contribution in [0.4, 0.5) is 34.1 Å². The molecule has 15 aromatic carbocycles. The topological polar surface area (TPSA) is 6.48 Å². The molecule has 0 aliphatic heterocycles. The first-order valence-corrected chi connectivity index (χ1v) is 30.9. The third-order valence-corrected chi connectivity index (χ3v) is 18.4. The summed E-state index contributed by atoms with van der Waals surface area (Å²) in [6, 6.07) is 125. The minimum absolute atomic E-state index is 0.304. The Balaban J connectivity index is 0.779. The normalized spacial score (nSPS) is 12.2. The molecule has 0 saturated carbocycles. The maximum Gasteiger partial charge on any atom is 0.0540 e. The van der Waals surface area contributed by atoms with Crippen LogP contribution in [0.3, 0.4) is 0 Å². The highest BCUT2D eigenvalue weighted by molar-refractivity contribution is 6.07. The highest BCUT2D eigenvalue weighted by Gasteiger charge is 2.37. The van der Waals surface area contributed by atoms with E-state index in [4.69, 9.17) is 0 Å². The molecule has 16 rings (SSSR count). The van der Waals surface area contributed by atoms with Crippen molar-refractivity contribution in [3.63, 3.8) is 0 Å². The highest BCUT2D eigenvalue weighted by Crippen LogP contribution is 2.53. The first-order valence-electron chi connectivity index (χ1n) is 30.9. The Bertz CT molecular complexity index is 5180. The van der Waals surface area contributed by atoms with Crippen molar-refractivity contribution >= 4 is 66.4 Å². The van der Waals surface area contributed by atoms with Gasteiger partial charge in [-0.25, -0.2) is 0 Å². The minimum atomic E-state index is -0.304. The quantitative estimate of drug-likeness (QED) is 0.120. The molecule has 0 bridgehead atoms. The summed E-state index contributed by atoms with van der Waals surface area (Å²) in [4.78, 5) is 4.91. The SMILES string of the molecule is CC1(C)c2cc(-c3ccc(-c4cccc(N(c5cccc(-c6cccc7ccccc67)c5)c5ccccc5-c5ccccc5)c4)c4ccccc34)ccc2-c2ccc(N(c3cccc(-c4cccc5ccccc45)c3)c3ccccc3-c3ccccc3)cc21. The molecule has 0 aromatic heterocycles. The molecule has 0 radical (unpaired) electrons. The summed E-state index contributed by atoms with van der Waals surface area (Å²) >= 11 is 0. The summed E-state index contributed by atoms with van der Waals surface area (Å²) in [5.74, 6) is 0. The lowest BCUT2D eigenvalue weighted by Gasteiger charge is -2.30. The smallest absolute Gasteiger partial charge is 0.0540 e. The fourth-order valence-electron chi connectivity index (χ4n) is 14.1. The van der Waals surface area contributed by atoms with Crippen LogP contribution in [-0.2, 0) is 5.41 Å². The van der Waals surface area contributed by atoms with Crippen molar-refractivity contribution in [2.45, 2.75) is 19.3 Å². The first-order chi connectivity index (χ1) is 43.9. The second-order valence-electron chi connectivity index (χ2n) is 24.0. The molecule has 15 aromatic rings. The molecule has 2 nitrogen and oxygen atoms in total. The molecular formula is C87H62N2. The monoisotopic (exact) mass is 1130 g/mol. The van der Waals surface area contributed by atoms with Gasteiger partial charge in [0.15, 0.2) is 0 Å². The summed E-state index contributed by atoms with van der Waals surface area (Å²) in [7, 11) is 0. The Kier molecular flexibility index (Phi) is 13.3. The Morgan fingerprint density at radius 3 is 1.00 bits per heavy atom. The molecule has 0 fully saturated rings. The second-order valence-corrected chi connectivity index (χ2v) is 24.0. The summed E-state index contributed by atoms with van der Waals surface area (Å²) in [5, 5.41) is 7.38. The average Bonchev–Trinajstić information content (AvgIpc) is 1.78. The van der Waals surface area contributed by atoms with Crippen LogP contribution in [0, 0.1) is 0 Å². The van der Waals surface area contributed by atoms with Crippen LogP contribution in [0.5, 0.6) is 0 Å². The maximum absolute atomic E-state index is 2.47. The first kappa shape index (κ1) is 53.2. The van der Waals surface area contributed by atoms with Gasteiger partial charge in [0.2, 0.25) is 0 Å². The lowest BCUT2D eigenvalue weighted by molar-refractivity contribution is 0.660. The van der Waals surface area contributed by atoms with E-state index in [1.807, 2.05) is 0 Å². The fourth-order valence-corrected chi connectivity index (χ4v) is 14.1. The van der Waals surface area contributed by atoms with Crippen molar-refractivity contribution in [2.24, 2.45) is 0 Å². The predicted octanol–water partition coefficient (Wildman–Crippen LogP) is 24.4. The van der Waals surface area contributed by atoms with Crippen molar-refractivity contribution in [3.8, 4) is 77.9 Å². The number of nitrogens with zero attached hydrogens (tertiary/aromatic N) is 2. The van der Waals surface area contributed by atoms with Gasteiger partial charge in [-0.3, -0.25) is 0 Å². The number of benzene rings is 15. The van der Waals surface area contributed by atoms with Crippen LogP contribution in [-0.4, -0.2) is 0 Å². The van der Waals surface area contributed by atoms with E-state index in [1.54, 1.807) is 0 Å². The number of hydrogen-bond donors (Lipinski definition) is 0. The predicted molar refractivity (Wildman–Crippen MR) is 379 cm³/mol. The molecular weight excluding hydrogens is 1070 g/mol. The van der Waals surface area contributed by atoms with E-state index in [1.165, 1.54) is 110 Å². The zero-order valence-corrected chi connectivity index (χ0v) is 49.7. The lowest BCUT2D eigenvalue weighted by Crippen LogP contribution is -2.17. The van der Waals surface area contributed by atoms with Crippen LogP contribution in [0.15, 0.2) is 340 Å². The van der Waals surface area contributed by atoms with E-state index in [2.05, 4.69) is 363 Å². The molecule has 1 aliphatic carbocycles. The molecule has 0 unspecified atom stereocenters. The van der Waals surface area contributed by atoms with E-state index in [9.17, 15) is 0 Å². The molecule has 0 amide bonds. The van der Waals surface area contributed by atoms with Gasteiger partial charge in [0.1, 0.15) is 0 Å². The Morgan fingerprint density at radius 2 is 0.517 bits per heavy atom. The molecule has 89 heavy (non-hydrogen) atoms. The Hall–Kier alpha value is -11.3. The van der Waals surface area contributed by atoms with Gasteiger partial charge in [-0.1, -0.05) is 287 Å². The third-order valence-electron chi connectivity index (χ3n) is 18.4. The summed E-state index contributed by atoms with van der Waals surface area (Å²) in [5.41, 5.74) is 25.8. The van der Waals surface area contributed by atoms with Gasteiger partial charge in [-0.15, -0.1) is 0 Å². The van der Waals surface area contributed by atoms with Gasteiger partial charge < -0.3 is 9.80 Å². The number of fused-ring (bicyclic) bond motifs is 6. The number of rotatable bonds is 12. The molecule has 1 aliphatic rings. The van der Waals surface area contributed by atoms with E-state index in [0.29, 0.717) is 0 Å². The van der Waals surface area contributed by atoms with E-state index in [-0.39, 0.29) is 5.41 Å². The Morgan fingerprint density at radius 1 is 0.202 bits per heavy atom. The zero-order chi connectivity index (χ0) is 59.4. The molecule has 0 spiro atoms. The van der Waals surface area contributed by atoms with Crippen LogP contribution in [0.25, 0.3) is 110 Å². The van der Waals surface area contributed by atoms with Crippen LogP contribution >= 0.6 is 0 Å². The highest BCUT2D eigenvalue weighted by atomic mass is 15.2. The van der Waals surface area contributed by atoms with Gasteiger partial charge >= 0.3 is 0 Å². The van der Waals surface area contributed by atoms with Gasteiger partial charge in [-0.2, -0.15) is 0 Å². The van der Waals surface area contributed by atoms with Crippen LogP contribution in [0.1, 0.15) is 25.0 Å². The van der Waals surface area contributed by atoms with E-state index >= 15 is 0 Å². The summed E-state index contributed by atoms with van der Waals surface area (Å²) < 4.78 is 0. The Labute approximate surface area is 521 Å². The maximum atomic E-state index is 2.47. The largest absolute Gasteiger partial charge is 0.310 e. The molecule has 0 N–H and O–H groups in total. The number of hydrogen-bond acceptors (Lipinski definition) is 2. The summed E-state index contributed by atoms with van der Waals surface area (Å²) in [6.45, 7) is 4.81. The van der Waals surface area contributed by atoms with Crippen molar-refractivity contribution in [1.29, 1.82) is 0 Å². The van der Waals surface area contributed by atoms with Crippen molar-refractivity contribution < 1.29 is 0 Å². The van der Waals surface area contributed by atoms with Crippen molar-refractivity contribution in [1.82, 2.24) is 0 Å². The van der Waals surface area contributed by atoms with Crippen LogP contribution in [0.2, 0.25) is 0 Å². The molecule has 420 valence electrons. The fraction of sp³-hybridized carbons (Fsp3) is 0.0345. The van der Waals surface area contributed by atoms with Crippen molar-refractivity contribution in [2.75, 3.05) is 9.80 Å². The standard InChI is InChI=1S/C87H62N2/c1-87(2)83-57-66(48-50-81(83)82-51-49-70(58-84(82)87)89(86-47-18-16-41-78(86)62-26-7-4-8-27-62)69-37-20-33-64(55-69)74-45-23-31-60-29-10-12-39-72(60)74)76-53-52-75(79-42-13-14-43-80(76)79)65-34-21-36-68(56-65)88(85-46-17-15-40-77(85)61-24-5-3-6-25-61)67-35-19-32-63(54-67)73-44-22-30-59-28-9-11-38-71(59)73/h3-58H,1-2H3. The van der Waals surface area contributed by atoms with Gasteiger partial charge in [0, 0.05) is 39.3 Å². The van der Waals surface area contributed by atoms with E-state index in [0.717, 1.165) is 45.3 Å². The summed E-state index contributed by atoms with van der Waals surface area (Å²) in [6.07, 6.45) is 0. The lowest BCUT2D eigenvalue weighted by atomic mass is 9.81. The number of anilines is 6. The van der Waals surface area contributed by atoms with Gasteiger partial charge in [0.25, 0.3) is 0 Å². The minimum Gasteiger partial charge on any atom is -0.310 e. The molecule has 2 heteroatoms. The second kappa shape index (κ2) is 22.2. The van der Waals surface area contributed by atoms with Gasteiger partial charge in [0.05, 0.1) is 11.4 Å². The van der Waals surface area contributed by atoms with Crippen LogP contribution < -0.4 is 9.80 Å². The third kappa shape index (κ3) is 9.45. The molecule has 0 atom stereocenters. The number of para-hydroxylation sites is 2. The molecule has 0 saturated heterocycles. The van der Waals surface area contributed by atoms with E-state index < -0.39 is 0 Å². The van der Waals surface area contributed by atoms with Crippen molar-refractivity contribution in [3.05, 3.63) is 351 Å². The average molecular weight is 1140 g/mol.